The fraction of sp³-hybridized carbons (Fsp3) is 0.578. The topological polar surface area (TPSA) is 212 Å². The Morgan fingerprint density at radius 1 is 0.694 bits per heavy atom. The summed E-state index contributed by atoms with van der Waals surface area (Å²) in [4.78, 5) is 78.5. The molecule has 340 valence electrons. The lowest BCUT2D eigenvalue weighted by Gasteiger charge is -2.26. The molecule has 4 bridgehead atoms. The molecular weight excluding hydrogens is 812 g/mol. The second kappa shape index (κ2) is 20.9. The van der Waals surface area contributed by atoms with Crippen LogP contribution in [0.15, 0.2) is 73.3 Å². The molecule has 17 nitrogen and oxygen atoms in total. The summed E-state index contributed by atoms with van der Waals surface area (Å²) in [6, 6.07) is 0. The number of cyclic esters (lactones) is 1. The van der Waals surface area contributed by atoms with Gasteiger partial charge >= 0.3 is 41.8 Å². The van der Waals surface area contributed by atoms with E-state index in [0.717, 1.165) is 25.0 Å². The van der Waals surface area contributed by atoms with Crippen molar-refractivity contribution in [1.29, 1.82) is 0 Å². The normalized spacial score (nSPS) is 31.8. The molecule has 6 aliphatic heterocycles. The van der Waals surface area contributed by atoms with Gasteiger partial charge in [-0.15, -0.1) is 0 Å². The number of rotatable bonds is 10. The molecular formula is C45H58O17. The molecule has 0 N–H and O–H groups in total. The molecule has 0 aromatic carbocycles. The van der Waals surface area contributed by atoms with Crippen molar-refractivity contribution in [2.24, 2.45) is 29.6 Å². The van der Waals surface area contributed by atoms with E-state index < -0.39 is 36.7 Å². The van der Waals surface area contributed by atoms with E-state index in [1.807, 2.05) is 0 Å². The first-order valence-electron chi connectivity index (χ1n) is 20.0. The van der Waals surface area contributed by atoms with Crippen molar-refractivity contribution in [3.8, 4) is 0 Å². The van der Waals surface area contributed by atoms with Crippen LogP contribution in [0.5, 0.6) is 0 Å². The predicted molar refractivity (Wildman–Crippen MR) is 217 cm³/mol. The van der Waals surface area contributed by atoms with Gasteiger partial charge in [-0.25, -0.2) is 24.0 Å². The van der Waals surface area contributed by atoms with Crippen LogP contribution in [-0.4, -0.2) is 111 Å². The zero-order chi connectivity index (χ0) is 44.9. The van der Waals surface area contributed by atoms with Crippen molar-refractivity contribution in [3.63, 3.8) is 0 Å². The lowest BCUT2D eigenvalue weighted by Crippen LogP contribution is -2.38. The Kier molecular flexibility index (Phi) is 16.5. The molecule has 0 spiro atoms. The summed E-state index contributed by atoms with van der Waals surface area (Å²) in [5.74, 6) is -0.681. The molecule has 62 heavy (non-hydrogen) atoms. The maximum absolute atomic E-state index is 11.7. The first-order chi connectivity index (χ1) is 28.7. The van der Waals surface area contributed by atoms with Gasteiger partial charge in [0.25, 0.3) is 0 Å². The molecule has 2 aliphatic carbocycles. The summed E-state index contributed by atoms with van der Waals surface area (Å²) in [7, 11) is 0. The third-order valence-corrected chi connectivity index (χ3v) is 11.3. The monoisotopic (exact) mass is 870 g/mol. The highest BCUT2D eigenvalue weighted by molar-refractivity contribution is 5.89. The van der Waals surface area contributed by atoms with E-state index in [-0.39, 0.29) is 104 Å². The standard InChI is InChI=1S/C14H16O6.C13H16O4.C9H12O3.C8H10O4.CH4/c1-6(2)13(16)18-5-10(15)19-11-7-3-8-9(4-7)14(17)20-12(8)11;1-6(2)13(14)17-10-4-9-8-5-15-7(3)11(8)12(10)16-9;1-6(2)9(10)12-8-4-5-11-7(8)3;1-5(2)8(10)12-6-3-7(9)11-4-6;/h7-9,11-12H,1,3-5H2,2H3;8-12H,1,3-5H2,2H3;8H,1,3-5H2,2H3;6H,1,3-4H2,2H3;1H4. The van der Waals surface area contributed by atoms with Gasteiger partial charge in [0.15, 0.2) is 12.7 Å². The summed E-state index contributed by atoms with van der Waals surface area (Å²) < 4.78 is 51.6. The summed E-state index contributed by atoms with van der Waals surface area (Å²) in [5.41, 5.74) is 1.38. The lowest BCUT2D eigenvalue weighted by molar-refractivity contribution is -0.168. The van der Waals surface area contributed by atoms with E-state index in [9.17, 15) is 33.6 Å². The molecule has 2 saturated carbocycles. The Bertz CT molecular complexity index is 1880. The fourth-order valence-electron chi connectivity index (χ4n) is 8.28. The molecule has 6 heterocycles. The molecule has 8 aliphatic rings. The van der Waals surface area contributed by atoms with E-state index in [1.165, 1.54) is 6.92 Å². The van der Waals surface area contributed by atoms with Crippen molar-refractivity contribution < 1.29 is 80.9 Å². The Hall–Kier alpha value is -5.71. The van der Waals surface area contributed by atoms with E-state index >= 15 is 0 Å². The van der Waals surface area contributed by atoms with Crippen LogP contribution in [0.25, 0.3) is 0 Å². The minimum Gasteiger partial charge on any atom is -0.498 e. The summed E-state index contributed by atoms with van der Waals surface area (Å²) in [6.45, 7) is 28.7. The Morgan fingerprint density at radius 2 is 1.32 bits per heavy atom. The molecule has 0 radical (unpaired) electrons. The average Bonchev–Trinajstić information content (AvgIpc) is 4.07. The van der Waals surface area contributed by atoms with Gasteiger partial charge in [-0.2, -0.15) is 0 Å². The number of hydrogen-bond acceptors (Lipinski definition) is 17. The van der Waals surface area contributed by atoms with Gasteiger partial charge in [-0.3, -0.25) is 9.59 Å². The molecule has 17 heteroatoms. The number of carbonyl (C=O) groups excluding carboxylic acids is 7. The zero-order valence-electron chi connectivity index (χ0n) is 35.0. The van der Waals surface area contributed by atoms with Crippen molar-refractivity contribution in [2.45, 2.75) is 110 Å². The molecule has 0 amide bonds. The van der Waals surface area contributed by atoms with Crippen molar-refractivity contribution >= 4 is 41.8 Å². The highest BCUT2D eigenvalue weighted by Gasteiger charge is 2.63. The van der Waals surface area contributed by atoms with Crippen LogP contribution in [0.4, 0.5) is 0 Å². The third kappa shape index (κ3) is 11.6. The summed E-state index contributed by atoms with van der Waals surface area (Å²) in [5, 5.41) is 0. The number of fused-ring (bicyclic) bond motifs is 6. The summed E-state index contributed by atoms with van der Waals surface area (Å²) in [6.07, 6.45) is 1.67. The quantitative estimate of drug-likeness (QED) is 0.168. The number of ether oxygens (including phenoxy) is 10. The van der Waals surface area contributed by atoms with Gasteiger partial charge in [0.05, 0.1) is 43.3 Å². The zero-order valence-corrected chi connectivity index (χ0v) is 35.0. The minimum absolute atomic E-state index is 0. The van der Waals surface area contributed by atoms with Gasteiger partial charge in [0, 0.05) is 52.9 Å². The van der Waals surface area contributed by atoms with Crippen LogP contribution in [0.1, 0.15) is 67.2 Å². The van der Waals surface area contributed by atoms with Crippen molar-refractivity contribution in [3.05, 3.63) is 73.3 Å². The van der Waals surface area contributed by atoms with Gasteiger partial charge in [0.1, 0.15) is 42.9 Å². The molecule has 6 saturated heterocycles. The molecule has 0 aromatic rings. The molecule has 8 fully saturated rings. The third-order valence-electron chi connectivity index (χ3n) is 11.3. The largest absolute Gasteiger partial charge is 0.498 e. The Balaban J connectivity index is 0.000000185. The SMILES string of the molecule is C.C=C(C)C(=O)OC1CC2OC1C1C(=C)OCC21.C=C(C)C(=O)OC1CCOC1=C.C=C(C)C(=O)OC1COC(=O)C1.C=C(C)C(=O)OCC(=O)OC1C2CC3C(=O)OC1C3C2. The molecule has 0 aromatic heterocycles. The van der Waals surface area contributed by atoms with Crippen LogP contribution < -0.4 is 0 Å². The maximum Gasteiger partial charge on any atom is 0.344 e. The second-order valence-electron chi connectivity index (χ2n) is 16.3. The van der Waals surface area contributed by atoms with E-state index in [0.29, 0.717) is 48.0 Å². The molecule has 8 rings (SSSR count). The predicted octanol–water partition coefficient (Wildman–Crippen LogP) is 4.49. The smallest absolute Gasteiger partial charge is 0.344 e. The van der Waals surface area contributed by atoms with E-state index in [4.69, 9.17) is 42.6 Å². The van der Waals surface area contributed by atoms with E-state index in [1.54, 1.807) is 20.8 Å². The van der Waals surface area contributed by atoms with Crippen LogP contribution in [0.3, 0.4) is 0 Å². The highest BCUT2D eigenvalue weighted by Crippen LogP contribution is 2.55. The lowest BCUT2D eigenvalue weighted by atomic mass is 9.79. The van der Waals surface area contributed by atoms with Gasteiger partial charge in [-0.05, 0) is 40.5 Å². The highest BCUT2D eigenvalue weighted by atomic mass is 16.6. The minimum atomic E-state index is -0.623. The van der Waals surface area contributed by atoms with Crippen LogP contribution in [0.2, 0.25) is 0 Å². The number of hydrogen-bond donors (Lipinski definition) is 0. The molecule has 12 atom stereocenters. The van der Waals surface area contributed by atoms with Gasteiger partial charge in [-0.1, -0.05) is 46.9 Å². The number of esters is 7. The van der Waals surface area contributed by atoms with Crippen LogP contribution >= 0.6 is 0 Å². The Morgan fingerprint density at radius 3 is 1.90 bits per heavy atom. The average molecular weight is 871 g/mol. The van der Waals surface area contributed by atoms with Crippen molar-refractivity contribution in [1.82, 2.24) is 0 Å². The first-order valence-corrected chi connectivity index (χ1v) is 20.0. The van der Waals surface area contributed by atoms with Crippen molar-refractivity contribution in [2.75, 3.05) is 26.4 Å². The summed E-state index contributed by atoms with van der Waals surface area (Å²) >= 11 is 0. The first kappa shape index (κ1) is 49.0. The van der Waals surface area contributed by atoms with Gasteiger partial charge < -0.3 is 47.4 Å². The van der Waals surface area contributed by atoms with E-state index in [2.05, 4.69) is 44.2 Å². The van der Waals surface area contributed by atoms with Crippen LogP contribution in [-0.2, 0) is 80.9 Å². The molecule has 12 unspecified atom stereocenters. The Labute approximate surface area is 361 Å². The maximum atomic E-state index is 11.7. The van der Waals surface area contributed by atoms with Crippen LogP contribution in [0, 0.1) is 29.6 Å². The number of carbonyl (C=O) groups is 7. The second-order valence-corrected chi connectivity index (χ2v) is 16.3. The van der Waals surface area contributed by atoms with Gasteiger partial charge in [0.2, 0.25) is 0 Å². The fourth-order valence-corrected chi connectivity index (χ4v) is 8.28.